The van der Waals surface area contributed by atoms with E-state index in [1.54, 1.807) is 4.68 Å². The molecule has 0 radical (unpaired) electrons. The SMILES string of the molecule is CCCn1nc(N(C)C)nc1N. The van der Waals surface area contributed by atoms with Crippen molar-refractivity contribution >= 4 is 11.9 Å². The Hall–Kier alpha value is -1.26. The molecule has 12 heavy (non-hydrogen) atoms. The van der Waals surface area contributed by atoms with Gasteiger partial charge in [0.05, 0.1) is 0 Å². The largest absolute Gasteiger partial charge is 0.368 e. The van der Waals surface area contributed by atoms with Gasteiger partial charge >= 0.3 is 0 Å². The molecule has 5 nitrogen and oxygen atoms in total. The summed E-state index contributed by atoms with van der Waals surface area (Å²) < 4.78 is 1.72. The van der Waals surface area contributed by atoms with Crippen LogP contribution in [0.15, 0.2) is 0 Å². The second-order valence-corrected chi connectivity index (χ2v) is 2.89. The summed E-state index contributed by atoms with van der Waals surface area (Å²) in [5, 5.41) is 4.21. The lowest BCUT2D eigenvalue weighted by atomic mass is 10.5. The van der Waals surface area contributed by atoms with Crippen LogP contribution in [-0.4, -0.2) is 28.9 Å². The molecule has 68 valence electrons. The van der Waals surface area contributed by atoms with Gasteiger partial charge in [0.2, 0.25) is 11.9 Å². The van der Waals surface area contributed by atoms with Crippen molar-refractivity contribution in [2.75, 3.05) is 24.7 Å². The molecule has 5 heteroatoms. The lowest BCUT2D eigenvalue weighted by Crippen LogP contribution is -2.11. The van der Waals surface area contributed by atoms with Crippen molar-refractivity contribution in [3.8, 4) is 0 Å². The third-order valence-corrected chi connectivity index (χ3v) is 1.52. The Labute approximate surface area is 72.2 Å². The Morgan fingerprint density at radius 2 is 2.17 bits per heavy atom. The third-order valence-electron chi connectivity index (χ3n) is 1.52. The van der Waals surface area contributed by atoms with E-state index in [0.29, 0.717) is 11.9 Å². The van der Waals surface area contributed by atoms with Crippen LogP contribution in [0.3, 0.4) is 0 Å². The third kappa shape index (κ3) is 1.66. The summed E-state index contributed by atoms with van der Waals surface area (Å²) in [5.41, 5.74) is 5.63. The molecule has 0 bridgehead atoms. The highest BCUT2D eigenvalue weighted by molar-refractivity contribution is 5.32. The van der Waals surface area contributed by atoms with Gasteiger partial charge in [-0.25, -0.2) is 4.68 Å². The standard InChI is InChI=1S/C7H15N5/c1-4-5-12-6(8)9-7(10-12)11(2)3/h4-5H2,1-3H3,(H2,8,9,10). The fourth-order valence-electron chi connectivity index (χ4n) is 0.908. The number of hydrogen-bond donors (Lipinski definition) is 1. The number of aromatic nitrogens is 3. The van der Waals surface area contributed by atoms with Gasteiger partial charge in [-0.3, -0.25) is 0 Å². The first-order valence-corrected chi connectivity index (χ1v) is 4.02. The lowest BCUT2D eigenvalue weighted by molar-refractivity contribution is 0.609. The second-order valence-electron chi connectivity index (χ2n) is 2.89. The molecule has 0 saturated carbocycles. The number of aryl methyl sites for hydroxylation is 1. The van der Waals surface area contributed by atoms with E-state index in [9.17, 15) is 0 Å². The first-order chi connectivity index (χ1) is 5.65. The molecule has 0 aliphatic heterocycles. The van der Waals surface area contributed by atoms with Crippen molar-refractivity contribution in [1.29, 1.82) is 0 Å². The first kappa shape index (κ1) is 8.83. The van der Waals surface area contributed by atoms with Crippen LogP contribution >= 0.6 is 0 Å². The molecule has 0 spiro atoms. The lowest BCUT2D eigenvalue weighted by Gasteiger charge is -2.03. The number of nitrogen functional groups attached to an aromatic ring is 1. The zero-order valence-corrected chi connectivity index (χ0v) is 7.78. The van der Waals surface area contributed by atoms with Gasteiger partial charge in [0.25, 0.3) is 0 Å². The number of anilines is 2. The Kier molecular flexibility index (Phi) is 2.52. The highest BCUT2D eigenvalue weighted by Gasteiger charge is 2.06. The maximum absolute atomic E-state index is 5.63. The van der Waals surface area contributed by atoms with E-state index in [0.717, 1.165) is 13.0 Å². The topological polar surface area (TPSA) is 60.0 Å². The predicted molar refractivity (Wildman–Crippen MR) is 49.1 cm³/mol. The van der Waals surface area contributed by atoms with Gasteiger partial charge in [-0.05, 0) is 6.42 Å². The molecular formula is C7H15N5. The normalized spacial score (nSPS) is 10.2. The fraction of sp³-hybridized carbons (Fsp3) is 0.714. The molecule has 0 saturated heterocycles. The Balaban J connectivity index is 2.85. The average molecular weight is 169 g/mol. The molecule has 0 atom stereocenters. The van der Waals surface area contributed by atoms with Crippen molar-refractivity contribution in [2.45, 2.75) is 19.9 Å². The number of nitrogens with zero attached hydrogens (tertiary/aromatic N) is 4. The van der Waals surface area contributed by atoms with Crippen molar-refractivity contribution in [1.82, 2.24) is 14.8 Å². The van der Waals surface area contributed by atoms with E-state index in [2.05, 4.69) is 17.0 Å². The van der Waals surface area contributed by atoms with Crippen LogP contribution in [0.25, 0.3) is 0 Å². The van der Waals surface area contributed by atoms with Crippen molar-refractivity contribution in [3.05, 3.63) is 0 Å². The Morgan fingerprint density at radius 1 is 1.50 bits per heavy atom. The molecule has 1 aromatic heterocycles. The van der Waals surface area contributed by atoms with Gasteiger partial charge in [0.15, 0.2) is 0 Å². The second kappa shape index (κ2) is 3.42. The summed E-state index contributed by atoms with van der Waals surface area (Å²) >= 11 is 0. The maximum atomic E-state index is 5.63. The van der Waals surface area contributed by atoms with E-state index in [4.69, 9.17) is 5.73 Å². The minimum atomic E-state index is 0.487. The Bertz CT molecular complexity index is 252. The van der Waals surface area contributed by atoms with Crippen LogP contribution in [0.4, 0.5) is 11.9 Å². The minimum Gasteiger partial charge on any atom is -0.368 e. The molecule has 1 aromatic rings. The summed E-state index contributed by atoms with van der Waals surface area (Å²) in [5.74, 6) is 1.15. The molecule has 0 amide bonds. The van der Waals surface area contributed by atoms with Crippen LogP contribution in [0.5, 0.6) is 0 Å². The van der Waals surface area contributed by atoms with Crippen LogP contribution in [-0.2, 0) is 6.54 Å². The smallest absolute Gasteiger partial charge is 0.246 e. The van der Waals surface area contributed by atoms with Crippen molar-refractivity contribution in [2.24, 2.45) is 0 Å². The Morgan fingerprint density at radius 3 is 2.58 bits per heavy atom. The highest BCUT2D eigenvalue weighted by Crippen LogP contribution is 2.07. The molecule has 0 aliphatic carbocycles. The van der Waals surface area contributed by atoms with Gasteiger partial charge in [0.1, 0.15) is 0 Å². The van der Waals surface area contributed by atoms with E-state index >= 15 is 0 Å². The predicted octanol–water partition coefficient (Wildman–Crippen LogP) is 0.336. The molecule has 0 aliphatic rings. The van der Waals surface area contributed by atoms with Gasteiger partial charge in [-0.15, -0.1) is 5.10 Å². The van der Waals surface area contributed by atoms with Gasteiger partial charge in [0, 0.05) is 20.6 Å². The van der Waals surface area contributed by atoms with Gasteiger partial charge in [-0.1, -0.05) is 6.92 Å². The summed E-state index contributed by atoms with van der Waals surface area (Å²) in [6.45, 7) is 2.91. The summed E-state index contributed by atoms with van der Waals surface area (Å²) in [4.78, 5) is 5.92. The average Bonchev–Trinajstić information content (AvgIpc) is 2.34. The van der Waals surface area contributed by atoms with Crippen LogP contribution < -0.4 is 10.6 Å². The molecule has 2 N–H and O–H groups in total. The number of hydrogen-bond acceptors (Lipinski definition) is 4. The van der Waals surface area contributed by atoms with Crippen molar-refractivity contribution < 1.29 is 0 Å². The minimum absolute atomic E-state index is 0.487. The zero-order chi connectivity index (χ0) is 9.14. The molecule has 0 aromatic carbocycles. The molecule has 0 fully saturated rings. The first-order valence-electron chi connectivity index (χ1n) is 4.02. The monoisotopic (exact) mass is 169 g/mol. The van der Waals surface area contributed by atoms with Crippen LogP contribution in [0.2, 0.25) is 0 Å². The number of rotatable bonds is 3. The quantitative estimate of drug-likeness (QED) is 0.708. The summed E-state index contributed by atoms with van der Waals surface area (Å²) in [7, 11) is 3.79. The van der Waals surface area contributed by atoms with E-state index in [1.807, 2.05) is 19.0 Å². The summed E-state index contributed by atoms with van der Waals surface area (Å²) in [6, 6.07) is 0. The van der Waals surface area contributed by atoms with Crippen LogP contribution in [0.1, 0.15) is 13.3 Å². The van der Waals surface area contributed by atoms with Crippen molar-refractivity contribution in [3.63, 3.8) is 0 Å². The maximum Gasteiger partial charge on any atom is 0.246 e. The number of nitrogens with two attached hydrogens (primary N) is 1. The van der Waals surface area contributed by atoms with Gasteiger partial charge in [-0.2, -0.15) is 4.98 Å². The molecule has 1 heterocycles. The van der Waals surface area contributed by atoms with E-state index in [1.165, 1.54) is 0 Å². The van der Waals surface area contributed by atoms with E-state index < -0.39 is 0 Å². The van der Waals surface area contributed by atoms with Gasteiger partial charge < -0.3 is 10.6 Å². The molecular weight excluding hydrogens is 154 g/mol. The molecule has 0 unspecified atom stereocenters. The van der Waals surface area contributed by atoms with Crippen LogP contribution in [0, 0.1) is 0 Å². The summed E-state index contributed by atoms with van der Waals surface area (Å²) in [6.07, 6.45) is 1.01. The van der Waals surface area contributed by atoms with E-state index in [-0.39, 0.29) is 0 Å². The highest BCUT2D eigenvalue weighted by atomic mass is 15.4. The fourth-order valence-corrected chi connectivity index (χ4v) is 0.908. The molecule has 1 rings (SSSR count). The zero-order valence-electron chi connectivity index (χ0n) is 7.78.